The van der Waals surface area contributed by atoms with Crippen LogP contribution in [0.15, 0.2) is 48.5 Å². The predicted octanol–water partition coefficient (Wildman–Crippen LogP) is 6.21. The summed E-state index contributed by atoms with van der Waals surface area (Å²) >= 11 is 6.84. The summed E-state index contributed by atoms with van der Waals surface area (Å²) in [6.07, 6.45) is 3.63. The van der Waals surface area contributed by atoms with Gasteiger partial charge in [-0.3, -0.25) is 0 Å². The zero-order valence-corrected chi connectivity index (χ0v) is 13.6. The summed E-state index contributed by atoms with van der Waals surface area (Å²) in [5.74, 6) is 1.02. The molecule has 1 heteroatoms. The molecule has 0 saturated heterocycles. The number of hydrogen-bond donors (Lipinski definition) is 0. The molecule has 0 fully saturated rings. The Morgan fingerprint density at radius 1 is 0.952 bits per heavy atom. The van der Waals surface area contributed by atoms with Crippen LogP contribution >= 0.6 is 11.6 Å². The average molecular weight is 299 g/mol. The van der Waals surface area contributed by atoms with E-state index in [0.717, 1.165) is 0 Å². The van der Waals surface area contributed by atoms with Crippen LogP contribution in [0.4, 0.5) is 0 Å². The molecule has 2 unspecified atom stereocenters. The van der Waals surface area contributed by atoms with Crippen molar-refractivity contribution in [2.45, 2.75) is 50.3 Å². The Labute approximate surface area is 133 Å². The van der Waals surface area contributed by atoms with Gasteiger partial charge in [-0.05, 0) is 47.4 Å². The van der Waals surface area contributed by atoms with E-state index in [1.165, 1.54) is 41.5 Å². The lowest BCUT2D eigenvalue weighted by molar-refractivity contribution is 0.538. The Kier molecular flexibility index (Phi) is 4.35. The van der Waals surface area contributed by atoms with Gasteiger partial charge in [-0.1, -0.05) is 62.4 Å². The number of fused-ring (bicyclic) bond motifs is 1. The summed E-state index contributed by atoms with van der Waals surface area (Å²) < 4.78 is 0. The number of alkyl halides is 1. The molecule has 0 N–H and O–H groups in total. The Balaban J connectivity index is 1.87. The van der Waals surface area contributed by atoms with Crippen molar-refractivity contribution in [1.29, 1.82) is 0 Å². The van der Waals surface area contributed by atoms with Crippen LogP contribution < -0.4 is 0 Å². The van der Waals surface area contributed by atoms with E-state index in [0.29, 0.717) is 11.8 Å². The summed E-state index contributed by atoms with van der Waals surface area (Å²) in [4.78, 5) is 0. The zero-order valence-electron chi connectivity index (χ0n) is 12.9. The van der Waals surface area contributed by atoms with Gasteiger partial charge < -0.3 is 0 Å². The molecule has 0 amide bonds. The number of aryl methyl sites for hydroxylation is 1. The molecule has 2 aromatic rings. The summed E-state index contributed by atoms with van der Waals surface area (Å²) in [5, 5.41) is 0.0765. The average Bonchev–Trinajstić information content (AvgIpc) is 2.53. The highest BCUT2D eigenvalue weighted by Crippen LogP contribution is 2.43. The Hall–Kier alpha value is -1.27. The van der Waals surface area contributed by atoms with Crippen molar-refractivity contribution in [1.82, 2.24) is 0 Å². The van der Waals surface area contributed by atoms with Gasteiger partial charge in [0.25, 0.3) is 0 Å². The number of rotatable bonds is 3. The maximum Gasteiger partial charge on any atom is 0.0653 e. The molecule has 2 aromatic carbocycles. The van der Waals surface area contributed by atoms with Gasteiger partial charge in [0.2, 0.25) is 0 Å². The van der Waals surface area contributed by atoms with Crippen molar-refractivity contribution in [3.8, 4) is 0 Å². The molecule has 21 heavy (non-hydrogen) atoms. The van der Waals surface area contributed by atoms with E-state index in [9.17, 15) is 0 Å². The molecule has 0 saturated carbocycles. The molecule has 2 atom stereocenters. The third kappa shape index (κ3) is 3.01. The highest BCUT2D eigenvalue weighted by Gasteiger charge is 2.27. The largest absolute Gasteiger partial charge is 0.117 e. The smallest absolute Gasteiger partial charge is 0.0653 e. The SMILES string of the molecule is CC(C)c1ccc(C(Cl)C2CCCc3ccccc32)cc1. The van der Waals surface area contributed by atoms with Crippen LogP contribution in [0.2, 0.25) is 0 Å². The second-order valence-corrected chi connectivity index (χ2v) is 6.89. The molecule has 0 heterocycles. The summed E-state index contributed by atoms with van der Waals surface area (Å²) in [6.45, 7) is 4.45. The van der Waals surface area contributed by atoms with Crippen molar-refractivity contribution in [3.63, 3.8) is 0 Å². The van der Waals surface area contributed by atoms with Crippen LogP contribution in [0.25, 0.3) is 0 Å². The predicted molar refractivity (Wildman–Crippen MR) is 91.2 cm³/mol. The zero-order chi connectivity index (χ0) is 14.8. The van der Waals surface area contributed by atoms with Crippen LogP contribution in [0.5, 0.6) is 0 Å². The highest BCUT2D eigenvalue weighted by atomic mass is 35.5. The van der Waals surface area contributed by atoms with Crippen molar-refractivity contribution in [2.24, 2.45) is 0 Å². The molecule has 0 spiro atoms. The van der Waals surface area contributed by atoms with Gasteiger partial charge in [-0.15, -0.1) is 11.6 Å². The van der Waals surface area contributed by atoms with E-state index in [-0.39, 0.29) is 5.38 Å². The van der Waals surface area contributed by atoms with Gasteiger partial charge in [-0.2, -0.15) is 0 Å². The van der Waals surface area contributed by atoms with Crippen LogP contribution in [0.1, 0.15) is 66.2 Å². The number of hydrogen-bond acceptors (Lipinski definition) is 0. The Morgan fingerprint density at radius 3 is 2.33 bits per heavy atom. The fraction of sp³-hybridized carbons (Fsp3) is 0.400. The van der Waals surface area contributed by atoms with E-state index in [1.54, 1.807) is 0 Å². The number of halogens is 1. The second-order valence-electron chi connectivity index (χ2n) is 6.42. The van der Waals surface area contributed by atoms with Crippen LogP contribution in [-0.2, 0) is 6.42 Å². The van der Waals surface area contributed by atoms with E-state index in [4.69, 9.17) is 11.6 Å². The topological polar surface area (TPSA) is 0 Å². The minimum Gasteiger partial charge on any atom is -0.117 e. The van der Waals surface area contributed by atoms with Gasteiger partial charge in [0.15, 0.2) is 0 Å². The minimum absolute atomic E-state index is 0.0765. The summed E-state index contributed by atoms with van der Waals surface area (Å²) in [6, 6.07) is 17.7. The molecule has 0 bridgehead atoms. The van der Waals surface area contributed by atoms with E-state index < -0.39 is 0 Å². The first-order valence-corrected chi connectivity index (χ1v) is 8.42. The Bertz CT molecular complexity index is 597. The van der Waals surface area contributed by atoms with E-state index >= 15 is 0 Å². The molecular formula is C20H23Cl. The summed E-state index contributed by atoms with van der Waals surface area (Å²) in [7, 11) is 0. The van der Waals surface area contributed by atoms with Crippen molar-refractivity contribution in [3.05, 3.63) is 70.8 Å². The minimum atomic E-state index is 0.0765. The molecule has 1 aliphatic rings. The normalized spacial score (nSPS) is 19.3. The fourth-order valence-electron chi connectivity index (χ4n) is 3.39. The van der Waals surface area contributed by atoms with Gasteiger partial charge in [0.05, 0.1) is 5.38 Å². The van der Waals surface area contributed by atoms with Crippen LogP contribution in [0.3, 0.4) is 0 Å². The molecule has 0 nitrogen and oxygen atoms in total. The molecule has 1 aliphatic carbocycles. The third-order valence-corrected chi connectivity index (χ3v) is 5.25. The maximum atomic E-state index is 6.84. The van der Waals surface area contributed by atoms with Gasteiger partial charge in [-0.25, -0.2) is 0 Å². The maximum absolute atomic E-state index is 6.84. The van der Waals surface area contributed by atoms with Crippen molar-refractivity contribution < 1.29 is 0 Å². The molecule has 0 radical (unpaired) electrons. The standard InChI is InChI=1S/C20H23Cl/c1-14(2)15-10-12-17(13-11-15)20(21)19-9-5-7-16-6-3-4-8-18(16)19/h3-4,6,8,10-14,19-20H,5,7,9H2,1-2H3. The first-order valence-electron chi connectivity index (χ1n) is 7.98. The number of benzene rings is 2. The lowest BCUT2D eigenvalue weighted by Gasteiger charge is -2.29. The van der Waals surface area contributed by atoms with Crippen LogP contribution in [0, 0.1) is 0 Å². The quantitative estimate of drug-likeness (QED) is 0.591. The summed E-state index contributed by atoms with van der Waals surface area (Å²) in [5.41, 5.74) is 5.57. The molecule has 0 aromatic heterocycles. The fourth-order valence-corrected chi connectivity index (χ4v) is 3.80. The Morgan fingerprint density at radius 2 is 1.62 bits per heavy atom. The first kappa shape index (κ1) is 14.7. The van der Waals surface area contributed by atoms with Crippen molar-refractivity contribution in [2.75, 3.05) is 0 Å². The van der Waals surface area contributed by atoms with E-state index in [1.807, 2.05) is 0 Å². The highest BCUT2D eigenvalue weighted by molar-refractivity contribution is 6.21. The molecule has 110 valence electrons. The monoisotopic (exact) mass is 298 g/mol. The van der Waals surface area contributed by atoms with Crippen LogP contribution in [-0.4, -0.2) is 0 Å². The van der Waals surface area contributed by atoms with Gasteiger partial charge in [0, 0.05) is 5.92 Å². The van der Waals surface area contributed by atoms with Gasteiger partial charge >= 0.3 is 0 Å². The lowest BCUT2D eigenvalue weighted by Crippen LogP contribution is -2.14. The third-order valence-electron chi connectivity index (χ3n) is 4.69. The van der Waals surface area contributed by atoms with Gasteiger partial charge in [0.1, 0.15) is 0 Å². The molecule has 3 rings (SSSR count). The van der Waals surface area contributed by atoms with Crippen molar-refractivity contribution >= 4 is 11.6 Å². The molecular weight excluding hydrogens is 276 g/mol. The lowest BCUT2D eigenvalue weighted by atomic mass is 9.79. The first-order chi connectivity index (χ1) is 10.2. The van der Waals surface area contributed by atoms with E-state index in [2.05, 4.69) is 62.4 Å². The second kappa shape index (κ2) is 6.23. The molecule has 0 aliphatic heterocycles.